The lowest BCUT2D eigenvalue weighted by Crippen LogP contribution is -2.02. The van der Waals surface area contributed by atoms with Crippen LogP contribution in [0.2, 0.25) is 0 Å². The molecule has 12 heteroatoms. The molecule has 0 radical (unpaired) electrons. The average Bonchev–Trinajstić information content (AvgIpc) is 2.92. The van der Waals surface area contributed by atoms with Gasteiger partial charge < -0.3 is 15.3 Å². The standard InChI is InChI=1S/C13H14N2.C12H6Br4O4S.CH4O/c1(2-12-4-8-14-9-5-12)3-13-6-10-15-11-7-13;13-7-1-5(2-8(14)11(7)17)21(19,20)6-3-9(15)12(18)10(16)4-6;1-2/h4-11H,1-3H2;1-4,17-18H;2H,1H3. The molecule has 2 aromatic carbocycles. The number of rotatable bonds is 6. The van der Waals surface area contributed by atoms with E-state index in [0.29, 0.717) is 0 Å². The fourth-order valence-corrected chi connectivity index (χ4v) is 7.47. The van der Waals surface area contributed by atoms with Gasteiger partial charge in [-0.2, -0.15) is 0 Å². The second kappa shape index (κ2) is 15.7. The summed E-state index contributed by atoms with van der Waals surface area (Å²) < 4.78 is 26.3. The molecule has 0 saturated carbocycles. The van der Waals surface area contributed by atoms with Gasteiger partial charge in [-0.3, -0.25) is 9.97 Å². The first-order chi connectivity index (χ1) is 18.1. The van der Waals surface area contributed by atoms with Crippen LogP contribution in [-0.4, -0.2) is 40.8 Å². The Kier molecular flexibility index (Phi) is 13.4. The molecule has 0 bridgehead atoms. The number of aromatic hydroxyl groups is 2. The Hall–Kier alpha value is -1.83. The molecule has 0 saturated heterocycles. The van der Waals surface area contributed by atoms with Crippen molar-refractivity contribution in [2.75, 3.05) is 7.11 Å². The molecule has 202 valence electrons. The minimum Gasteiger partial charge on any atom is -0.506 e. The van der Waals surface area contributed by atoms with Crippen LogP contribution >= 0.6 is 63.7 Å². The van der Waals surface area contributed by atoms with Crippen molar-refractivity contribution in [3.8, 4) is 11.5 Å². The van der Waals surface area contributed by atoms with Gasteiger partial charge in [-0.15, -0.1) is 0 Å². The van der Waals surface area contributed by atoms with Gasteiger partial charge in [-0.1, -0.05) is 0 Å². The molecule has 0 aliphatic heterocycles. The Labute approximate surface area is 255 Å². The number of phenolic OH excluding ortho intramolecular Hbond substituents is 2. The summed E-state index contributed by atoms with van der Waals surface area (Å²) in [7, 11) is -2.80. The van der Waals surface area contributed by atoms with Crippen LogP contribution in [0.1, 0.15) is 17.5 Å². The maximum atomic E-state index is 12.6. The quantitative estimate of drug-likeness (QED) is 0.188. The second-order valence-corrected chi connectivity index (χ2v) is 12.9. The van der Waals surface area contributed by atoms with E-state index in [-0.39, 0.29) is 39.2 Å². The second-order valence-electron chi connectivity index (χ2n) is 7.54. The van der Waals surface area contributed by atoms with Crippen LogP contribution in [0.15, 0.2) is 101 Å². The SMILES string of the molecule is CO.O=S(=O)(c1cc(Br)c(O)c(Br)c1)c1cc(Br)c(O)c(Br)c1.c1cc(CCCc2ccncc2)ccn1. The number of nitrogens with zero attached hydrogens (tertiary/aromatic N) is 2. The van der Waals surface area contributed by atoms with E-state index in [1.807, 2.05) is 24.8 Å². The number of aryl methyl sites for hydroxylation is 2. The highest BCUT2D eigenvalue weighted by Crippen LogP contribution is 2.39. The maximum Gasteiger partial charge on any atom is 0.206 e. The highest BCUT2D eigenvalue weighted by molar-refractivity contribution is 9.11. The van der Waals surface area contributed by atoms with Gasteiger partial charge in [-0.05, 0) is 143 Å². The molecule has 3 N–H and O–H groups in total. The zero-order valence-corrected chi connectivity index (χ0v) is 27.2. The van der Waals surface area contributed by atoms with Crippen molar-refractivity contribution in [2.45, 2.75) is 29.1 Å². The third-order valence-corrected chi connectivity index (χ3v) is 9.16. The highest BCUT2D eigenvalue weighted by Gasteiger charge is 2.22. The number of phenols is 2. The normalized spacial score (nSPS) is 10.6. The van der Waals surface area contributed by atoms with E-state index >= 15 is 0 Å². The predicted molar refractivity (Wildman–Crippen MR) is 161 cm³/mol. The van der Waals surface area contributed by atoms with Crippen LogP contribution in [0.4, 0.5) is 0 Å². The van der Waals surface area contributed by atoms with Gasteiger partial charge in [0.05, 0.1) is 27.7 Å². The summed E-state index contributed by atoms with van der Waals surface area (Å²) in [4.78, 5) is 8.01. The molecule has 0 spiro atoms. The van der Waals surface area contributed by atoms with Crippen molar-refractivity contribution in [2.24, 2.45) is 0 Å². The molecule has 0 unspecified atom stereocenters. The van der Waals surface area contributed by atoms with E-state index in [1.54, 1.807) is 0 Å². The Morgan fingerprint density at radius 2 is 0.921 bits per heavy atom. The number of aliphatic hydroxyl groups is 1. The molecular formula is C26H24Br4N2O5S. The number of halogens is 4. The van der Waals surface area contributed by atoms with Gasteiger partial charge in [0, 0.05) is 31.9 Å². The zero-order chi connectivity index (χ0) is 28.3. The number of hydrogen-bond acceptors (Lipinski definition) is 7. The Balaban J connectivity index is 0.000000262. The summed E-state index contributed by atoms with van der Waals surface area (Å²) in [6.07, 6.45) is 10.8. The van der Waals surface area contributed by atoms with E-state index < -0.39 is 9.84 Å². The van der Waals surface area contributed by atoms with E-state index in [0.717, 1.165) is 20.0 Å². The van der Waals surface area contributed by atoms with Crippen LogP contribution in [0.25, 0.3) is 0 Å². The van der Waals surface area contributed by atoms with Gasteiger partial charge in [0.2, 0.25) is 9.84 Å². The Bertz CT molecular complexity index is 1290. The number of sulfone groups is 1. The van der Waals surface area contributed by atoms with Crippen LogP contribution in [0.5, 0.6) is 11.5 Å². The Morgan fingerprint density at radius 3 is 1.21 bits per heavy atom. The van der Waals surface area contributed by atoms with Gasteiger partial charge >= 0.3 is 0 Å². The number of aliphatic hydroxyl groups excluding tert-OH is 1. The molecule has 0 atom stereocenters. The molecular weight excluding hydrogens is 772 g/mol. The molecule has 4 aromatic rings. The van der Waals surface area contributed by atoms with E-state index in [9.17, 15) is 18.6 Å². The average molecular weight is 796 g/mol. The number of benzene rings is 2. The van der Waals surface area contributed by atoms with Crippen LogP contribution in [0, 0.1) is 0 Å². The van der Waals surface area contributed by atoms with Crippen molar-refractivity contribution in [1.29, 1.82) is 0 Å². The molecule has 0 aliphatic rings. The lowest BCUT2D eigenvalue weighted by Gasteiger charge is -2.10. The van der Waals surface area contributed by atoms with Gasteiger partial charge in [0.15, 0.2) is 0 Å². The summed E-state index contributed by atoms with van der Waals surface area (Å²) in [6, 6.07) is 13.5. The monoisotopic (exact) mass is 792 g/mol. The molecule has 2 aromatic heterocycles. The van der Waals surface area contributed by atoms with Crippen molar-refractivity contribution < 1.29 is 23.7 Å². The first kappa shape index (κ1) is 32.4. The Morgan fingerprint density at radius 1 is 0.632 bits per heavy atom. The molecule has 0 amide bonds. The van der Waals surface area contributed by atoms with Gasteiger partial charge in [-0.25, -0.2) is 8.42 Å². The largest absolute Gasteiger partial charge is 0.506 e. The molecule has 0 aliphatic carbocycles. The summed E-state index contributed by atoms with van der Waals surface area (Å²) in [5.41, 5.74) is 2.72. The topological polar surface area (TPSA) is 121 Å². The molecule has 4 rings (SSSR count). The summed E-state index contributed by atoms with van der Waals surface area (Å²) in [6.45, 7) is 0. The van der Waals surface area contributed by atoms with Crippen molar-refractivity contribution in [3.05, 3.63) is 102 Å². The number of pyridine rings is 2. The zero-order valence-electron chi connectivity index (χ0n) is 20.0. The summed E-state index contributed by atoms with van der Waals surface area (Å²) >= 11 is 12.4. The van der Waals surface area contributed by atoms with Crippen molar-refractivity contribution in [1.82, 2.24) is 9.97 Å². The number of aromatic nitrogens is 2. The number of hydrogen-bond donors (Lipinski definition) is 3. The van der Waals surface area contributed by atoms with E-state index in [4.69, 9.17) is 5.11 Å². The van der Waals surface area contributed by atoms with Crippen molar-refractivity contribution >= 4 is 73.6 Å². The van der Waals surface area contributed by atoms with E-state index in [1.165, 1.54) is 41.8 Å². The lowest BCUT2D eigenvalue weighted by molar-refractivity contribution is 0.399. The minimum absolute atomic E-state index is 0.00328. The molecule has 2 heterocycles. The first-order valence-corrected chi connectivity index (χ1v) is 15.6. The minimum atomic E-state index is -3.80. The summed E-state index contributed by atoms with van der Waals surface area (Å²) in [5, 5.41) is 26.3. The van der Waals surface area contributed by atoms with Crippen LogP contribution < -0.4 is 0 Å². The summed E-state index contributed by atoms with van der Waals surface area (Å²) in [5.74, 6) is -0.163. The molecule has 38 heavy (non-hydrogen) atoms. The van der Waals surface area contributed by atoms with E-state index in [2.05, 4.69) is 98.0 Å². The van der Waals surface area contributed by atoms with Crippen LogP contribution in [0.3, 0.4) is 0 Å². The third kappa shape index (κ3) is 9.13. The third-order valence-electron chi connectivity index (χ3n) is 5.03. The fourth-order valence-electron chi connectivity index (χ4n) is 3.13. The fraction of sp³-hybridized carbons (Fsp3) is 0.154. The highest BCUT2D eigenvalue weighted by atomic mass is 79.9. The smallest absolute Gasteiger partial charge is 0.206 e. The molecule has 7 nitrogen and oxygen atoms in total. The maximum absolute atomic E-state index is 12.6. The van der Waals surface area contributed by atoms with Gasteiger partial charge in [0.1, 0.15) is 11.5 Å². The molecule has 0 fully saturated rings. The predicted octanol–water partition coefficient (Wildman–Crippen LogP) is 7.24. The van der Waals surface area contributed by atoms with Crippen LogP contribution in [-0.2, 0) is 22.7 Å². The first-order valence-electron chi connectivity index (χ1n) is 10.9. The van der Waals surface area contributed by atoms with Crippen molar-refractivity contribution in [3.63, 3.8) is 0 Å². The lowest BCUT2D eigenvalue weighted by atomic mass is 10.1. The van der Waals surface area contributed by atoms with Gasteiger partial charge in [0.25, 0.3) is 0 Å².